The minimum atomic E-state index is -0.403. The standard InChI is InChI=1S/C26H24N2O4S/c1-31-21-13-11-20(12-14-21)26-28(27-24(29)17-18-7-4-3-5-8-18)25(30)23(33-26)16-19-9-6-10-22(15-19)32-2/h3-16,26H,17H2,1-2H3,(H,27,29)/b23-16-/t26-/m0/s1. The highest BCUT2D eigenvalue weighted by atomic mass is 32.2. The molecule has 1 N–H and O–H groups in total. The number of nitrogens with zero attached hydrogens (tertiary/aromatic N) is 1. The molecule has 0 aliphatic carbocycles. The first-order valence-corrected chi connectivity index (χ1v) is 11.3. The minimum absolute atomic E-state index is 0.180. The number of carbonyl (C=O) groups excluding carboxylic acids is 2. The zero-order chi connectivity index (χ0) is 23.2. The van der Waals surface area contributed by atoms with E-state index in [0.29, 0.717) is 10.7 Å². The first kappa shape index (κ1) is 22.5. The summed E-state index contributed by atoms with van der Waals surface area (Å²) in [7, 11) is 3.21. The van der Waals surface area contributed by atoms with Crippen molar-refractivity contribution in [2.75, 3.05) is 14.2 Å². The monoisotopic (exact) mass is 460 g/mol. The van der Waals surface area contributed by atoms with Gasteiger partial charge >= 0.3 is 0 Å². The molecule has 0 saturated carbocycles. The molecule has 33 heavy (non-hydrogen) atoms. The summed E-state index contributed by atoms with van der Waals surface area (Å²) < 4.78 is 10.5. The van der Waals surface area contributed by atoms with Crippen molar-refractivity contribution in [3.05, 3.63) is 100 Å². The molecule has 0 aromatic heterocycles. The molecule has 168 valence electrons. The highest BCUT2D eigenvalue weighted by Crippen LogP contribution is 2.45. The Balaban J connectivity index is 1.61. The Bertz CT molecular complexity index is 1160. The van der Waals surface area contributed by atoms with Crippen molar-refractivity contribution in [2.45, 2.75) is 11.8 Å². The van der Waals surface area contributed by atoms with Crippen LogP contribution < -0.4 is 14.9 Å². The molecule has 4 rings (SSSR count). The van der Waals surface area contributed by atoms with E-state index in [4.69, 9.17) is 9.47 Å². The zero-order valence-corrected chi connectivity index (χ0v) is 19.2. The van der Waals surface area contributed by atoms with Crippen molar-refractivity contribution in [1.82, 2.24) is 10.4 Å². The van der Waals surface area contributed by atoms with Crippen LogP contribution in [0.1, 0.15) is 22.1 Å². The third kappa shape index (κ3) is 5.38. The Hall–Kier alpha value is -3.71. The fourth-order valence-electron chi connectivity index (χ4n) is 3.48. The van der Waals surface area contributed by atoms with Crippen LogP contribution in [0.15, 0.2) is 83.8 Å². The van der Waals surface area contributed by atoms with Gasteiger partial charge in [-0.2, -0.15) is 0 Å². The molecule has 1 fully saturated rings. The number of carbonyl (C=O) groups is 2. The van der Waals surface area contributed by atoms with E-state index in [1.165, 1.54) is 16.8 Å². The van der Waals surface area contributed by atoms with Crippen molar-refractivity contribution in [3.63, 3.8) is 0 Å². The van der Waals surface area contributed by atoms with Gasteiger partial charge in [0.1, 0.15) is 16.9 Å². The van der Waals surface area contributed by atoms with Crippen LogP contribution in [0, 0.1) is 0 Å². The van der Waals surface area contributed by atoms with Crippen molar-refractivity contribution in [3.8, 4) is 11.5 Å². The van der Waals surface area contributed by atoms with Gasteiger partial charge in [-0.05, 0) is 47.0 Å². The number of rotatable bonds is 7. The molecule has 0 spiro atoms. The van der Waals surface area contributed by atoms with Crippen LogP contribution in [-0.4, -0.2) is 31.0 Å². The molecular weight excluding hydrogens is 436 g/mol. The molecule has 0 unspecified atom stereocenters. The van der Waals surface area contributed by atoms with E-state index in [9.17, 15) is 9.59 Å². The van der Waals surface area contributed by atoms with Gasteiger partial charge in [0.15, 0.2) is 0 Å². The molecule has 1 saturated heterocycles. The first-order chi connectivity index (χ1) is 16.1. The van der Waals surface area contributed by atoms with Crippen LogP contribution in [0.2, 0.25) is 0 Å². The van der Waals surface area contributed by atoms with Crippen molar-refractivity contribution in [1.29, 1.82) is 0 Å². The van der Waals surface area contributed by atoms with Gasteiger partial charge in [-0.3, -0.25) is 15.0 Å². The largest absolute Gasteiger partial charge is 0.497 e. The summed E-state index contributed by atoms with van der Waals surface area (Å²) in [6.45, 7) is 0. The third-order valence-electron chi connectivity index (χ3n) is 5.15. The summed E-state index contributed by atoms with van der Waals surface area (Å²) in [5.41, 5.74) is 5.42. The van der Waals surface area contributed by atoms with Crippen LogP contribution in [0.25, 0.3) is 6.08 Å². The number of benzene rings is 3. The van der Waals surface area contributed by atoms with Gasteiger partial charge in [0.05, 0.1) is 25.5 Å². The lowest BCUT2D eigenvalue weighted by Gasteiger charge is -2.24. The minimum Gasteiger partial charge on any atom is -0.497 e. The highest BCUT2D eigenvalue weighted by Gasteiger charge is 2.38. The second-order valence-electron chi connectivity index (χ2n) is 7.40. The lowest BCUT2D eigenvalue weighted by atomic mass is 10.1. The molecule has 6 nitrogen and oxygen atoms in total. The maximum absolute atomic E-state index is 13.3. The van der Waals surface area contributed by atoms with Gasteiger partial charge in [-0.15, -0.1) is 0 Å². The number of thioether (sulfide) groups is 1. The normalized spacial score (nSPS) is 16.7. The lowest BCUT2D eigenvalue weighted by Crippen LogP contribution is -2.44. The van der Waals surface area contributed by atoms with Gasteiger partial charge in [0.2, 0.25) is 5.91 Å². The smallest absolute Gasteiger partial charge is 0.280 e. The van der Waals surface area contributed by atoms with Crippen LogP contribution in [0.3, 0.4) is 0 Å². The fourth-order valence-corrected chi connectivity index (χ4v) is 4.67. The summed E-state index contributed by atoms with van der Waals surface area (Å²) in [5.74, 6) is 0.917. The number of amides is 2. The molecule has 1 aliphatic heterocycles. The lowest BCUT2D eigenvalue weighted by molar-refractivity contribution is -0.137. The van der Waals surface area contributed by atoms with Crippen molar-refractivity contribution in [2.24, 2.45) is 0 Å². The predicted octanol–water partition coefficient (Wildman–Crippen LogP) is 4.59. The Morgan fingerprint density at radius 2 is 1.70 bits per heavy atom. The Labute approximate surface area is 197 Å². The van der Waals surface area contributed by atoms with Crippen LogP contribution in [0.5, 0.6) is 11.5 Å². The van der Waals surface area contributed by atoms with E-state index in [2.05, 4.69) is 5.43 Å². The second kappa shape index (κ2) is 10.3. The summed E-state index contributed by atoms with van der Waals surface area (Å²) in [6, 6.07) is 24.4. The highest BCUT2D eigenvalue weighted by molar-refractivity contribution is 8.04. The number of methoxy groups -OCH3 is 2. The second-order valence-corrected chi connectivity index (χ2v) is 8.52. The topological polar surface area (TPSA) is 67.9 Å². The maximum atomic E-state index is 13.3. The number of hydrogen-bond donors (Lipinski definition) is 1. The number of ether oxygens (including phenoxy) is 2. The number of hydrogen-bond acceptors (Lipinski definition) is 5. The summed E-state index contributed by atoms with van der Waals surface area (Å²) in [5, 5.41) is 1.00. The number of hydrazine groups is 1. The Morgan fingerprint density at radius 3 is 2.39 bits per heavy atom. The van der Waals surface area contributed by atoms with E-state index < -0.39 is 5.37 Å². The van der Waals surface area contributed by atoms with E-state index in [0.717, 1.165) is 22.4 Å². The first-order valence-electron chi connectivity index (χ1n) is 10.4. The molecule has 3 aromatic carbocycles. The molecule has 1 atom stereocenters. The van der Waals surface area contributed by atoms with Crippen LogP contribution in [0.4, 0.5) is 0 Å². The molecule has 2 amide bonds. The van der Waals surface area contributed by atoms with Gasteiger partial charge in [-0.1, -0.05) is 66.4 Å². The van der Waals surface area contributed by atoms with Crippen molar-refractivity contribution >= 4 is 29.7 Å². The molecular formula is C26H24N2O4S. The SMILES string of the molecule is COc1ccc([C@@H]2S/C(=C\c3cccc(OC)c3)C(=O)N2NC(=O)Cc2ccccc2)cc1. The Morgan fingerprint density at radius 1 is 0.970 bits per heavy atom. The van der Waals surface area contributed by atoms with E-state index in [-0.39, 0.29) is 18.2 Å². The molecule has 3 aromatic rings. The van der Waals surface area contributed by atoms with Gasteiger partial charge < -0.3 is 9.47 Å². The summed E-state index contributed by atoms with van der Waals surface area (Å²) >= 11 is 1.39. The molecule has 1 aliphatic rings. The molecule has 0 radical (unpaired) electrons. The fraction of sp³-hybridized carbons (Fsp3) is 0.154. The van der Waals surface area contributed by atoms with Gasteiger partial charge in [0, 0.05) is 0 Å². The quantitative estimate of drug-likeness (QED) is 0.522. The van der Waals surface area contributed by atoms with E-state index >= 15 is 0 Å². The predicted molar refractivity (Wildman–Crippen MR) is 129 cm³/mol. The number of nitrogens with one attached hydrogen (secondary N) is 1. The molecule has 7 heteroatoms. The maximum Gasteiger partial charge on any atom is 0.280 e. The molecule has 0 bridgehead atoms. The van der Waals surface area contributed by atoms with E-state index in [1.807, 2.05) is 84.9 Å². The molecule has 1 heterocycles. The van der Waals surface area contributed by atoms with Crippen LogP contribution >= 0.6 is 11.8 Å². The summed E-state index contributed by atoms with van der Waals surface area (Å²) in [4.78, 5) is 26.6. The Kier molecular flexibility index (Phi) is 7.00. The van der Waals surface area contributed by atoms with Gasteiger partial charge in [0.25, 0.3) is 5.91 Å². The summed E-state index contributed by atoms with van der Waals surface area (Å²) in [6.07, 6.45) is 1.99. The average Bonchev–Trinajstić information content (AvgIpc) is 3.14. The van der Waals surface area contributed by atoms with Gasteiger partial charge in [-0.25, -0.2) is 5.01 Å². The average molecular weight is 461 g/mol. The van der Waals surface area contributed by atoms with Crippen LogP contribution in [-0.2, 0) is 16.0 Å². The van der Waals surface area contributed by atoms with E-state index in [1.54, 1.807) is 14.2 Å². The third-order valence-corrected chi connectivity index (χ3v) is 6.40. The zero-order valence-electron chi connectivity index (χ0n) is 18.4. The van der Waals surface area contributed by atoms with Crippen molar-refractivity contribution < 1.29 is 19.1 Å².